The normalized spacial score (nSPS) is 16.6. The molecule has 0 bridgehead atoms. The summed E-state index contributed by atoms with van der Waals surface area (Å²) in [6, 6.07) is 4.49. The third kappa shape index (κ3) is 2.89. The lowest BCUT2D eigenvalue weighted by atomic mass is 9.94. The van der Waals surface area contributed by atoms with E-state index in [1.807, 2.05) is 12.1 Å². The van der Waals surface area contributed by atoms with Crippen LogP contribution in [0.1, 0.15) is 56.3 Å². The van der Waals surface area contributed by atoms with Crippen LogP contribution in [0.4, 0.5) is 5.82 Å². The van der Waals surface area contributed by atoms with Crippen LogP contribution >= 0.6 is 0 Å². The lowest BCUT2D eigenvalue weighted by Crippen LogP contribution is -2.37. The van der Waals surface area contributed by atoms with Gasteiger partial charge in [-0.15, -0.1) is 0 Å². The summed E-state index contributed by atoms with van der Waals surface area (Å²) >= 11 is 0. The van der Waals surface area contributed by atoms with Crippen LogP contribution in [0.15, 0.2) is 18.3 Å². The summed E-state index contributed by atoms with van der Waals surface area (Å²) in [7, 11) is 0. The van der Waals surface area contributed by atoms with E-state index in [2.05, 4.69) is 16.8 Å². The first kappa shape index (κ1) is 13.1. The molecular weight excluding hydrogens is 224 g/mol. The van der Waals surface area contributed by atoms with E-state index in [0.29, 0.717) is 11.6 Å². The molecule has 0 spiro atoms. The highest BCUT2D eigenvalue weighted by Gasteiger charge is 2.20. The third-order valence-electron chi connectivity index (χ3n) is 3.80. The zero-order valence-corrected chi connectivity index (χ0v) is 11.4. The molecule has 1 fully saturated rings. The number of aromatic nitrogens is 1. The average Bonchev–Trinajstić information content (AvgIpc) is 2.41. The number of Topliss-reactive ketones (excluding diaryl/α,β-unsaturated/α-hetero) is 1. The summed E-state index contributed by atoms with van der Waals surface area (Å²) in [4.78, 5) is 18.1. The first-order valence-corrected chi connectivity index (χ1v) is 6.96. The average molecular weight is 246 g/mol. The van der Waals surface area contributed by atoms with E-state index in [9.17, 15) is 4.79 Å². The molecule has 0 atom stereocenters. The lowest BCUT2D eigenvalue weighted by Gasteiger charge is -2.34. The number of carbonyl (C=O) groups excluding carboxylic acids is 1. The number of rotatable bonds is 4. The minimum atomic E-state index is 0.0785. The quantitative estimate of drug-likeness (QED) is 0.763. The van der Waals surface area contributed by atoms with Crippen molar-refractivity contribution >= 4 is 11.6 Å². The SMILES string of the molecule is CCN(c1ccc(C(C)=O)cn1)C1CCCCC1. The van der Waals surface area contributed by atoms with Gasteiger partial charge in [0.15, 0.2) is 5.78 Å². The Morgan fingerprint density at radius 2 is 2.06 bits per heavy atom. The first-order chi connectivity index (χ1) is 8.72. The van der Waals surface area contributed by atoms with Gasteiger partial charge in [0.1, 0.15) is 5.82 Å². The zero-order chi connectivity index (χ0) is 13.0. The molecular formula is C15H22N2O. The van der Waals surface area contributed by atoms with Crippen LogP contribution in [0.5, 0.6) is 0 Å². The van der Waals surface area contributed by atoms with Crippen LogP contribution in [0.25, 0.3) is 0 Å². The van der Waals surface area contributed by atoms with Crippen molar-refractivity contribution in [1.82, 2.24) is 4.98 Å². The monoisotopic (exact) mass is 246 g/mol. The number of nitrogens with zero attached hydrogens (tertiary/aromatic N) is 2. The van der Waals surface area contributed by atoms with E-state index in [1.54, 1.807) is 13.1 Å². The van der Waals surface area contributed by atoms with Gasteiger partial charge in [-0.3, -0.25) is 4.79 Å². The second-order valence-electron chi connectivity index (χ2n) is 5.04. The number of ketones is 1. The molecule has 3 nitrogen and oxygen atoms in total. The molecule has 0 N–H and O–H groups in total. The zero-order valence-electron chi connectivity index (χ0n) is 11.4. The molecule has 1 aromatic rings. The molecule has 3 heteroatoms. The van der Waals surface area contributed by atoms with Crippen molar-refractivity contribution < 1.29 is 4.79 Å². The van der Waals surface area contributed by atoms with Crippen LogP contribution in [-0.4, -0.2) is 23.4 Å². The third-order valence-corrected chi connectivity index (χ3v) is 3.80. The Morgan fingerprint density at radius 3 is 2.56 bits per heavy atom. The minimum absolute atomic E-state index is 0.0785. The minimum Gasteiger partial charge on any atom is -0.354 e. The number of hydrogen-bond donors (Lipinski definition) is 0. The van der Waals surface area contributed by atoms with Gasteiger partial charge in [0.2, 0.25) is 0 Å². The van der Waals surface area contributed by atoms with Gasteiger partial charge in [0.25, 0.3) is 0 Å². The highest BCUT2D eigenvalue weighted by molar-refractivity contribution is 5.93. The fraction of sp³-hybridized carbons (Fsp3) is 0.600. The van der Waals surface area contributed by atoms with Crippen LogP contribution in [0, 0.1) is 0 Å². The molecule has 1 heterocycles. The van der Waals surface area contributed by atoms with Crippen LogP contribution in [0.2, 0.25) is 0 Å². The highest BCUT2D eigenvalue weighted by atomic mass is 16.1. The Hall–Kier alpha value is -1.38. The second-order valence-corrected chi connectivity index (χ2v) is 5.04. The largest absolute Gasteiger partial charge is 0.354 e. The maximum atomic E-state index is 11.2. The molecule has 1 aliphatic rings. The van der Waals surface area contributed by atoms with E-state index in [4.69, 9.17) is 0 Å². The van der Waals surface area contributed by atoms with Crippen molar-refractivity contribution in [1.29, 1.82) is 0 Å². The number of carbonyl (C=O) groups is 1. The Balaban J connectivity index is 2.13. The molecule has 0 amide bonds. The number of hydrogen-bond acceptors (Lipinski definition) is 3. The second kappa shape index (κ2) is 5.98. The van der Waals surface area contributed by atoms with Gasteiger partial charge in [-0.2, -0.15) is 0 Å². The fourth-order valence-corrected chi connectivity index (χ4v) is 2.76. The lowest BCUT2D eigenvalue weighted by molar-refractivity contribution is 0.101. The van der Waals surface area contributed by atoms with Crippen LogP contribution in [-0.2, 0) is 0 Å². The number of anilines is 1. The molecule has 0 unspecified atom stereocenters. The van der Waals surface area contributed by atoms with Crippen molar-refractivity contribution in [2.24, 2.45) is 0 Å². The van der Waals surface area contributed by atoms with Crippen LogP contribution < -0.4 is 4.90 Å². The molecule has 0 saturated heterocycles. The Morgan fingerprint density at radius 1 is 1.33 bits per heavy atom. The van der Waals surface area contributed by atoms with Crippen LogP contribution in [0.3, 0.4) is 0 Å². The predicted molar refractivity (Wildman–Crippen MR) is 74.1 cm³/mol. The van der Waals surface area contributed by atoms with Gasteiger partial charge in [-0.1, -0.05) is 19.3 Å². The van der Waals surface area contributed by atoms with Gasteiger partial charge in [0, 0.05) is 24.3 Å². The maximum absolute atomic E-state index is 11.2. The predicted octanol–water partition coefficient (Wildman–Crippen LogP) is 3.44. The molecule has 18 heavy (non-hydrogen) atoms. The standard InChI is InChI=1S/C15H22N2O/c1-3-17(14-7-5-4-6-8-14)15-10-9-13(11-16-15)12(2)18/h9-11,14H,3-8H2,1-2H3. The van der Waals surface area contributed by atoms with Gasteiger partial charge < -0.3 is 4.90 Å². The summed E-state index contributed by atoms with van der Waals surface area (Å²) in [6.45, 7) is 4.74. The fourth-order valence-electron chi connectivity index (χ4n) is 2.76. The van der Waals surface area contributed by atoms with Crippen molar-refractivity contribution in [3.05, 3.63) is 23.9 Å². The van der Waals surface area contributed by atoms with E-state index >= 15 is 0 Å². The van der Waals surface area contributed by atoms with E-state index < -0.39 is 0 Å². The Bertz CT molecular complexity index is 393. The van der Waals surface area contributed by atoms with Gasteiger partial charge in [-0.05, 0) is 38.8 Å². The van der Waals surface area contributed by atoms with Crippen molar-refractivity contribution in [2.45, 2.75) is 52.0 Å². The molecule has 1 saturated carbocycles. The van der Waals surface area contributed by atoms with Crippen molar-refractivity contribution in [3.8, 4) is 0 Å². The summed E-state index contributed by atoms with van der Waals surface area (Å²) in [5.41, 5.74) is 0.693. The molecule has 1 aliphatic carbocycles. The topological polar surface area (TPSA) is 33.2 Å². The van der Waals surface area contributed by atoms with Crippen molar-refractivity contribution in [3.63, 3.8) is 0 Å². The molecule has 98 valence electrons. The summed E-state index contributed by atoms with van der Waals surface area (Å²) in [6.07, 6.45) is 8.25. The van der Waals surface area contributed by atoms with E-state index in [-0.39, 0.29) is 5.78 Å². The Kier molecular flexibility index (Phi) is 4.34. The molecule has 0 aliphatic heterocycles. The van der Waals surface area contributed by atoms with Crippen molar-refractivity contribution in [2.75, 3.05) is 11.4 Å². The molecule has 2 rings (SSSR count). The molecule has 0 radical (unpaired) electrons. The summed E-state index contributed by atoms with van der Waals surface area (Å²) < 4.78 is 0. The number of pyridine rings is 1. The first-order valence-electron chi connectivity index (χ1n) is 6.96. The highest BCUT2D eigenvalue weighted by Crippen LogP contribution is 2.26. The van der Waals surface area contributed by atoms with Gasteiger partial charge in [0.05, 0.1) is 0 Å². The van der Waals surface area contributed by atoms with Gasteiger partial charge in [-0.25, -0.2) is 4.98 Å². The summed E-state index contributed by atoms with van der Waals surface area (Å²) in [5, 5.41) is 0. The molecule has 0 aromatic carbocycles. The molecule has 1 aromatic heterocycles. The smallest absolute Gasteiger partial charge is 0.161 e. The summed E-state index contributed by atoms with van der Waals surface area (Å²) in [5.74, 6) is 1.09. The Labute approximate surface area is 109 Å². The maximum Gasteiger partial charge on any atom is 0.161 e. The van der Waals surface area contributed by atoms with E-state index in [1.165, 1.54) is 32.1 Å². The van der Waals surface area contributed by atoms with E-state index in [0.717, 1.165) is 12.4 Å². The van der Waals surface area contributed by atoms with Gasteiger partial charge >= 0.3 is 0 Å².